The maximum atomic E-state index is 11.1. The van der Waals surface area contributed by atoms with E-state index in [2.05, 4.69) is 56.3 Å². The van der Waals surface area contributed by atoms with Crippen LogP contribution in [0.25, 0.3) is 11.1 Å². The molecular weight excluding hydrogens is 392 g/mol. The topological polar surface area (TPSA) is 65.0 Å². The first-order chi connectivity index (χ1) is 15.0. The van der Waals surface area contributed by atoms with E-state index in [0.717, 1.165) is 11.1 Å². The van der Waals surface area contributed by atoms with Gasteiger partial charge in [-0.3, -0.25) is 4.79 Å². The molecule has 1 N–H and O–H groups in total. The first kappa shape index (κ1) is 19.5. The first-order valence-corrected chi connectivity index (χ1v) is 10.5. The van der Waals surface area contributed by atoms with Crippen LogP contribution in [0, 0.1) is 13.8 Å². The molecule has 1 unspecified atom stereocenters. The van der Waals surface area contributed by atoms with Gasteiger partial charge in [-0.2, -0.15) is 0 Å². The van der Waals surface area contributed by atoms with Gasteiger partial charge < -0.3 is 19.3 Å². The maximum absolute atomic E-state index is 11.1. The van der Waals surface area contributed by atoms with E-state index >= 15 is 0 Å². The van der Waals surface area contributed by atoms with Gasteiger partial charge in [0.2, 0.25) is 0 Å². The number of aryl methyl sites for hydroxylation is 1. The van der Waals surface area contributed by atoms with Crippen LogP contribution in [-0.4, -0.2) is 24.3 Å². The minimum Gasteiger partial charge on any atom is -0.492 e. The smallest absolute Gasteiger partial charge is 0.304 e. The molecule has 0 bridgehead atoms. The Morgan fingerprint density at radius 1 is 0.903 bits per heavy atom. The summed E-state index contributed by atoms with van der Waals surface area (Å²) in [7, 11) is 0. The zero-order valence-electron chi connectivity index (χ0n) is 17.6. The second-order valence-corrected chi connectivity index (χ2v) is 8.19. The highest BCUT2D eigenvalue weighted by Gasteiger charge is 2.32. The second kappa shape index (κ2) is 7.65. The van der Waals surface area contributed by atoms with Gasteiger partial charge in [-0.05, 0) is 47.7 Å². The van der Waals surface area contributed by atoms with E-state index in [1.807, 2.05) is 12.1 Å². The number of carboxylic acids is 1. The molecule has 0 spiro atoms. The highest BCUT2D eigenvalue weighted by atomic mass is 16.6. The van der Waals surface area contributed by atoms with Crippen LogP contribution in [0.5, 0.6) is 17.2 Å². The predicted octanol–water partition coefficient (Wildman–Crippen LogP) is 5.43. The largest absolute Gasteiger partial charge is 0.492 e. The third kappa shape index (κ3) is 3.50. The van der Waals surface area contributed by atoms with Crippen molar-refractivity contribution in [1.82, 2.24) is 0 Å². The Morgan fingerprint density at radius 2 is 1.68 bits per heavy atom. The van der Waals surface area contributed by atoms with Crippen LogP contribution in [-0.2, 0) is 4.79 Å². The van der Waals surface area contributed by atoms with Crippen molar-refractivity contribution in [2.75, 3.05) is 13.2 Å². The van der Waals surface area contributed by atoms with Crippen molar-refractivity contribution < 1.29 is 24.1 Å². The molecule has 0 saturated heterocycles. The summed E-state index contributed by atoms with van der Waals surface area (Å²) in [5, 5.41) is 9.14. The molecule has 0 aliphatic carbocycles. The lowest BCUT2D eigenvalue weighted by atomic mass is 9.91. The number of fused-ring (bicyclic) bond motifs is 2. The molecule has 0 amide bonds. The molecule has 2 aliphatic rings. The molecule has 0 aromatic heterocycles. The molecule has 3 aromatic carbocycles. The molecule has 0 fully saturated rings. The summed E-state index contributed by atoms with van der Waals surface area (Å²) in [6.07, 6.45) is -0.189. The number of aliphatic carboxylic acids is 1. The Balaban J connectivity index is 1.45. The molecule has 3 aromatic rings. The van der Waals surface area contributed by atoms with Crippen molar-refractivity contribution >= 4 is 5.97 Å². The third-order valence-corrected chi connectivity index (χ3v) is 6.19. The third-order valence-electron chi connectivity index (χ3n) is 6.19. The molecule has 158 valence electrons. The lowest BCUT2D eigenvalue weighted by Crippen LogP contribution is -2.22. The number of benzene rings is 3. The summed E-state index contributed by atoms with van der Waals surface area (Å²) in [6.45, 7) is 5.01. The van der Waals surface area contributed by atoms with E-state index in [0.29, 0.717) is 30.5 Å². The molecule has 5 rings (SSSR count). The fraction of sp³-hybridized carbons (Fsp3) is 0.269. The van der Waals surface area contributed by atoms with E-state index in [1.54, 1.807) is 0 Å². The van der Waals surface area contributed by atoms with Crippen LogP contribution in [0.15, 0.2) is 54.6 Å². The average Bonchev–Trinajstić information content (AvgIpc) is 3.13. The van der Waals surface area contributed by atoms with Crippen molar-refractivity contribution in [2.45, 2.75) is 32.3 Å². The molecule has 31 heavy (non-hydrogen) atoms. The number of hydrogen-bond donors (Lipinski definition) is 1. The summed E-state index contributed by atoms with van der Waals surface area (Å²) >= 11 is 0. The highest BCUT2D eigenvalue weighted by Crippen LogP contribution is 2.46. The van der Waals surface area contributed by atoms with Gasteiger partial charge in [0, 0.05) is 17.5 Å². The SMILES string of the molecule is Cc1ccccc1-c1cccc(C2COc3cc4c(cc3O2)OC[C@H]4CC(=O)O)c1C. The Morgan fingerprint density at radius 3 is 2.48 bits per heavy atom. The van der Waals surface area contributed by atoms with Crippen molar-refractivity contribution in [2.24, 2.45) is 0 Å². The van der Waals surface area contributed by atoms with Crippen LogP contribution in [0.3, 0.4) is 0 Å². The van der Waals surface area contributed by atoms with Gasteiger partial charge >= 0.3 is 5.97 Å². The van der Waals surface area contributed by atoms with E-state index in [4.69, 9.17) is 19.3 Å². The lowest BCUT2D eigenvalue weighted by Gasteiger charge is -2.29. The normalized spacial score (nSPS) is 18.9. The Hall–Kier alpha value is -3.47. The van der Waals surface area contributed by atoms with Gasteiger partial charge in [0.25, 0.3) is 0 Å². The van der Waals surface area contributed by atoms with Gasteiger partial charge in [0.15, 0.2) is 17.6 Å². The summed E-state index contributed by atoms with van der Waals surface area (Å²) < 4.78 is 18.1. The van der Waals surface area contributed by atoms with Crippen LogP contribution < -0.4 is 14.2 Å². The van der Waals surface area contributed by atoms with Gasteiger partial charge in [-0.15, -0.1) is 0 Å². The van der Waals surface area contributed by atoms with Crippen LogP contribution in [0.2, 0.25) is 0 Å². The van der Waals surface area contributed by atoms with E-state index in [-0.39, 0.29) is 18.4 Å². The Labute approximate surface area is 181 Å². The molecule has 0 radical (unpaired) electrons. The van der Waals surface area contributed by atoms with Crippen LogP contribution in [0.1, 0.15) is 40.7 Å². The van der Waals surface area contributed by atoms with Gasteiger partial charge in [0.05, 0.1) is 13.0 Å². The molecule has 5 nitrogen and oxygen atoms in total. The van der Waals surface area contributed by atoms with Gasteiger partial charge in [-0.25, -0.2) is 0 Å². The number of ether oxygens (including phenoxy) is 3. The van der Waals surface area contributed by atoms with Gasteiger partial charge in [-0.1, -0.05) is 42.5 Å². The van der Waals surface area contributed by atoms with Crippen LogP contribution in [0.4, 0.5) is 0 Å². The number of carboxylic acid groups (broad SMARTS) is 1. The van der Waals surface area contributed by atoms with Gasteiger partial charge in [0.1, 0.15) is 12.4 Å². The maximum Gasteiger partial charge on any atom is 0.304 e. The zero-order valence-corrected chi connectivity index (χ0v) is 17.6. The summed E-state index contributed by atoms with van der Waals surface area (Å²) in [5.41, 5.74) is 6.79. The molecule has 2 atom stereocenters. The Kier molecular flexibility index (Phi) is 4.81. The number of rotatable bonds is 4. The van der Waals surface area contributed by atoms with Crippen molar-refractivity contribution in [3.8, 4) is 28.4 Å². The van der Waals surface area contributed by atoms with Crippen molar-refractivity contribution in [1.29, 1.82) is 0 Å². The summed E-state index contributed by atoms with van der Waals surface area (Å²) in [4.78, 5) is 11.1. The lowest BCUT2D eigenvalue weighted by molar-refractivity contribution is -0.137. The summed E-state index contributed by atoms with van der Waals surface area (Å²) in [6, 6.07) is 18.4. The molecular formula is C26H24O5. The fourth-order valence-electron chi connectivity index (χ4n) is 4.54. The number of hydrogen-bond acceptors (Lipinski definition) is 4. The quantitative estimate of drug-likeness (QED) is 0.614. The second-order valence-electron chi connectivity index (χ2n) is 8.19. The van der Waals surface area contributed by atoms with Crippen LogP contribution >= 0.6 is 0 Å². The average molecular weight is 416 g/mol. The summed E-state index contributed by atoms with van der Waals surface area (Å²) in [5.74, 6) is 0.961. The predicted molar refractivity (Wildman–Crippen MR) is 117 cm³/mol. The standard InChI is InChI=1S/C26H24O5/c1-15-6-3-4-7-18(15)19-8-5-9-20(16(19)2)25-14-30-23-11-21-17(10-26(27)28)13-29-22(21)12-24(23)31-25/h3-9,11-12,17,25H,10,13-14H2,1-2H3,(H,27,28)/t17-,25?/m1/s1. The minimum atomic E-state index is -0.833. The highest BCUT2D eigenvalue weighted by molar-refractivity contribution is 5.72. The van der Waals surface area contributed by atoms with Crippen molar-refractivity contribution in [3.63, 3.8) is 0 Å². The molecule has 2 heterocycles. The number of carbonyl (C=O) groups is 1. The zero-order chi connectivity index (χ0) is 21.5. The molecule has 2 aliphatic heterocycles. The Bertz CT molecular complexity index is 1170. The molecule has 0 saturated carbocycles. The van der Waals surface area contributed by atoms with E-state index in [1.165, 1.54) is 22.3 Å². The van der Waals surface area contributed by atoms with E-state index in [9.17, 15) is 4.79 Å². The fourth-order valence-corrected chi connectivity index (χ4v) is 4.54. The van der Waals surface area contributed by atoms with Crippen molar-refractivity contribution in [3.05, 3.63) is 76.9 Å². The molecule has 5 heteroatoms. The first-order valence-electron chi connectivity index (χ1n) is 10.5. The monoisotopic (exact) mass is 416 g/mol. The van der Waals surface area contributed by atoms with E-state index < -0.39 is 5.97 Å². The minimum absolute atomic E-state index is 0.0418.